The Morgan fingerprint density at radius 3 is 2.44 bits per heavy atom. The summed E-state index contributed by atoms with van der Waals surface area (Å²) in [6, 6.07) is 8.17. The van der Waals surface area contributed by atoms with Gasteiger partial charge >= 0.3 is 5.97 Å². The molecule has 0 bridgehead atoms. The molecule has 0 aliphatic rings. The number of sulfonamides is 1. The highest BCUT2D eigenvalue weighted by atomic mass is 32.2. The van der Waals surface area contributed by atoms with E-state index in [-0.39, 0.29) is 17.5 Å². The predicted molar refractivity (Wildman–Crippen MR) is 95.9 cm³/mol. The van der Waals surface area contributed by atoms with Crippen molar-refractivity contribution in [1.29, 1.82) is 0 Å². The van der Waals surface area contributed by atoms with Crippen molar-refractivity contribution in [2.45, 2.75) is 32.2 Å². The highest BCUT2D eigenvalue weighted by Gasteiger charge is 2.17. The molecule has 0 unspecified atom stereocenters. The summed E-state index contributed by atoms with van der Waals surface area (Å²) in [6.07, 6.45) is 3.59. The van der Waals surface area contributed by atoms with Crippen LogP contribution in [-0.2, 0) is 21.3 Å². The van der Waals surface area contributed by atoms with Crippen molar-refractivity contribution in [3.63, 3.8) is 0 Å². The number of rotatable bonds is 6. The summed E-state index contributed by atoms with van der Waals surface area (Å²) in [5.74, 6) is -0.359. The molecule has 1 aromatic carbocycles. The van der Waals surface area contributed by atoms with Gasteiger partial charge in [0.1, 0.15) is 6.61 Å². The summed E-state index contributed by atoms with van der Waals surface area (Å²) in [4.78, 5) is 12.2. The summed E-state index contributed by atoms with van der Waals surface area (Å²) in [6.45, 7) is 6.39. The Bertz CT molecular complexity index is 894. The fraction of sp³-hybridized carbons (Fsp3) is 0.278. The smallest absolute Gasteiger partial charge is 0.340 e. The van der Waals surface area contributed by atoms with E-state index in [1.807, 2.05) is 31.4 Å². The Balaban J connectivity index is 2.22. The molecule has 0 atom stereocenters. The molecule has 6 nitrogen and oxygen atoms in total. The molecular formula is C18H22N2O4S. The Morgan fingerprint density at radius 1 is 1.24 bits per heavy atom. The number of aromatic nitrogens is 1. The van der Waals surface area contributed by atoms with E-state index in [0.29, 0.717) is 12.1 Å². The second-order valence-electron chi connectivity index (χ2n) is 5.73. The number of nitrogens with zero attached hydrogens (tertiary/aromatic N) is 1. The molecule has 2 N–H and O–H groups in total. The Labute approximate surface area is 148 Å². The lowest BCUT2D eigenvalue weighted by Crippen LogP contribution is -2.12. The van der Waals surface area contributed by atoms with Gasteiger partial charge in [-0.2, -0.15) is 0 Å². The van der Waals surface area contributed by atoms with Crippen LogP contribution in [-0.4, -0.2) is 25.6 Å². The molecule has 0 radical (unpaired) electrons. The van der Waals surface area contributed by atoms with Crippen molar-refractivity contribution in [1.82, 2.24) is 4.57 Å². The molecule has 0 saturated heterocycles. The van der Waals surface area contributed by atoms with Crippen molar-refractivity contribution < 1.29 is 17.9 Å². The molecule has 0 amide bonds. The second kappa shape index (κ2) is 7.67. The molecule has 2 aromatic rings. The van der Waals surface area contributed by atoms with Crippen LogP contribution in [0.25, 0.3) is 0 Å². The first kappa shape index (κ1) is 19.0. The molecule has 0 aliphatic carbocycles. The average molecular weight is 362 g/mol. The first-order valence-corrected chi connectivity index (χ1v) is 9.35. The van der Waals surface area contributed by atoms with Gasteiger partial charge in [0, 0.05) is 17.9 Å². The normalized spacial score (nSPS) is 11.8. The monoisotopic (exact) mass is 362 g/mol. The maximum Gasteiger partial charge on any atom is 0.340 e. The lowest BCUT2D eigenvalue weighted by atomic mass is 10.2. The molecule has 0 aliphatic heterocycles. The van der Waals surface area contributed by atoms with Gasteiger partial charge in [0.05, 0.1) is 10.5 Å². The number of hydrogen-bond donors (Lipinski definition) is 1. The van der Waals surface area contributed by atoms with E-state index in [2.05, 4.69) is 0 Å². The van der Waals surface area contributed by atoms with Crippen LogP contribution in [0.1, 0.15) is 34.2 Å². The molecule has 134 valence electrons. The standard InChI is InChI=1S/C18H22N2O4S/c1-4-5-10-24-18(21)17-11-13(2)20(14(17)3)12-15-6-8-16(9-7-15)25(19,22)23/h4-9,11H,10,12H2,1-3H3,(H2,19,22,23)/b5-4+. The zero-order valence-electron chi connectivity index (χ0n) is 14.5. The van der Waals surface area contributed by atoms with Gasteiger partial charge < -0.3 is 9.30 Å². The van der Waals surface area contributed by atoms with Crippen LogP contribution in [0.2, 0.25) is 0 Å². The Hall–Kier alpha value is -2.38. The zero-order valence-corrected chi connectivity index (χ0v) is 15.3. The molecule has 25 heavy (non-hydrogen) atoms. The summed E-state index contributed by atoms with van der Waals surface area (Å²) >= 11 is 0. The number of primary sulfonamides is 1. The van der Waals surface area contributed by atoms with E-state index in [0.717, 1.165) is 17.0 Å². The number of aryl methyl sites for hydroxylation is 1. The minimum absolute atomic E-state index is 0.0745. The highest BCUT2D eigenvalue weighted by molar-refractivity contribution is 7.89. The van der Waals surface area contributed by atoms with Gasteiger partial charge in [0.2, 0.25) is 10.0 Å². The van der Waals surface area contributed by atoms with Gasteiger partial charge in [-0.25, -0.2) is 18.4 Å². The number of allylic oxidation sites excluding steroid dienone is 1. The Morgan fingerprint density at radius 2 is 1.88 bits per heavy atom. The summed E-state index contributed by atoms with van der Waals surface area (Å²) in [5.41, 5.74) is 3.16. The van der Waals surface area contributed by atoms with Crippen LogP contribution in [0.3, 0.4) is 0 Å². The molecule has 1 heterocycles. The third-order valence-electron chi connectivity index (χ3n) is 3.93. The number of benzene rings is 1. The predicted octanol–water partition coefficient (Wildman–Crippen LogP) is 2.53. The van der Waals surface area contributed by atoms with E-state index in [4.69, 9.17) is 9.88 Å². The topological polar surface area (TPSA) is 91.4 Å². The SMILES string of the molecule is C/C=C/COC(=O)c1cc(C)n(Cc2ccc(S(N)(=O)=O)cc2)c1C. The van der Waals surface area contributed by atoms with Crippen molar-refractivity contribution in [2.75, 3.05) is 6.61 Å². The van der Waals surface area contributed by atoms with E-state index >= 15 is 0 Å². The molecular weight excluding hydrogens is 340 g/mol. The van der Waals surface area contributed by atoms with Gasteiger partial charge in [0.25, 0.3) is 0 Å². The van der Waals surface area contributed by atoms with Crippen LogP contribution < -0.4 is 5.14 Å². The maximum atomic E-state index is 12.2. The summed E-state index contributed by atoms with van der Waals surface area (Å²) < 4.78 is 29.8. The quantitative estimate of drug-likeness (QED) is 0.631. The Kier molecular flexibility index (Phi) is 5.81. The largest absolute Gasteiger partial charge is 0.458 e. The lowest BCUT2D eigenvalue weighted by molar-refractivity contribution is 0.0548. The summed E-state index contributed by atoms with van der Waals surface area (Å²) in [7, 11) is -3.70. The van der Waals surface area contributed by atoms with Gasteiger partial charge in [-0.1, -0.05) is 24.3 Å². The number of ether oxygens (including phenoxy) is 1. The summed E-state index contributed by atoms with van der Waals surface area (Å²) in [5, 5.41) is 5.11. The molecule has 2 rings (SSSR count). The number of carbonyl (C=O) groups is 1. The third kappa shape index (κ3) is 4.58. The van der Waals surface area contributed by atoms with Crippen LogP contribution >= 0.6 is 0 Å². The van der Waals surface area contributed by atoms with Gasteiger partial charge in [-0.3, -0.25) is 0 Å². The molecule has 7 heteroatoms. The first-order valence-electron chi connectivity index (χ1n) is 7.80. The first-order chi connectivity index (χ1) is 11.7. The zero-order chi connectivity index (χ0) is 18.6. The van der Waals surface area contributed by atoms with E-state index in [9.17, 15) is 13.2 Å². The number of carbonyl (C=O) groups excluding carboxylic acids is 1. The minimum Gasteiger partial charge on any atom is -0.458 e. The van der Waals surface area contributed by atoms with Crippen molar-refractivity contribution in [3.8, 4) is 0 Å². The number of esters is 1. The fourth-order valence-electron chi connectivity index (χ4n) is 2.52. The van der Waals surface area contributed by atoms with Crippen LogP contribution in [0, 0.1) is 13.8 Å². The van der Waals surface area contributed by atoms with Crippen molar-refractivity contribution >= 4 is 16.0 Å². The molecule has 0 fully saturated rings. The van der Waals surface area contributed by atoms with E-state index < -0.39 is 10.0 Å². The minimum atomic E-state index is -3.70. The van der Waals surface area contributed by atoms with Crippen molar-refractivity contribution in [3.05, 3.63) is 65.0 Å². The maximum absolute atomic E-state index is 12.2. The third-order valence-corrected chi connectivity index (χ3v) is 4.86. The molecule has 0 spiro atoms. The van der Waals surface area contributed by atoms with E-state index in [1.54, 1.807) is 24.3 Å². The molecule has 1 aromatic heterocycles. The lowest BCUT2D eigenvalue weighted by Gasteiger charge is -2.10. The van der Waals surface area contributed by atoms with Gasteiger partial charge in [-0.05, 0) is 44.5 Å². The van der Waals surface area contributed by atoms with E-state index in [1.165, 1.54) is 12.1 Å². The fourth-order valence-corrected chi connectivity index (χ4v) is 3.03. The van der Waals surface area contributed by atoms with Crippen LogP contribution in [0.5, 0.6) is 0 Å². The van der Waals surface area contributed by atoms with Gasteiger partial charge in [-0.15, -0.1) is 0 Å². The highest BCUT2D eigenvalue weighted by Crippen LogP contribution is 2.19. The number of hydrogen-bond acceptors (Lipinski definition) is 4. The van der Waals surface area contributed by atoms with Crippen molar-refractivity contribution in [2.24, 2.45) is 5.14 Å². The van der Waals surface area contributed by atoms with Crippen LogP contribution in [0.15, 0.2) is 47.4 Å². The van der Waals surface area contributed by atoms with Gasteiger partial charge in [0.15, 0.2) is 0 Å². The average Bonchev–Trinajstić information content (AvgIpc) is 2.83. The second-order valence-corrected chi connectivity index (χ2v) is 7.29. The number of nitrogens with two attached hydrogens (primary N) is 1. The van der Waals surface area contributed by atoms with Crippen LogP contribution in [0.4, 0.5) is 0 Å². The molecule has 0 saturated carbocycles.